The lowest BCUT2D eigenvalue weighted by atomic mass is 10.1. The molecule has 3 aromatic rings. The van der Waals surface area contributed by atoms with Crippen LogP contribution in [0.1, 0.15) is 11.1 Å². The summed E-state index contributed by atoms with van der Waals surface area (Å²) in [5.41, 5.74) is 2.03. The van der Waals surface area contributed by atoms with Crippen LogP contribution in [0.25, 0.3) is 6.08 Å². The molecule has 0 atom stereocenters. The molecule has 0 radical (unpaired) electrons. The lowest BCUT2D eigenvalue weighted by Crippen LogP contribution is -2.20. The van der Waals surface area contributed by atoms with Crippen LogP contribution in [0.15, 0.2) is 69.1 Å². The van der Waals surface area contributed by atoms with E-state index in [0.717, 1.165) is 5.56 Å². The minimum atomic E-state index is -0.642. The van der Waals surface area contributed by atoms with E-state index >= 15 is 0 Å². The van der Waals surface area contributed by atoms with Crippen molar-refractivity contribution in [1.29, 1.82) is 5.26 Å². The molecule has 6 nitrogen and oxygen atoms in total. The van der Waals surface area contributed by atoms with Crippen LogP contribution < -0.4 is 15.4 Å². The zero-order valence-corrected chi connectivity index (χ0v) is 22.8. The van der Waals surface area contributed by atoms with Gasteiger partial charge in [0.15, 0.2) is 6.61 Å². The number of halogens is 4. The number of nitrogens with zero attached hydrogens (tertiary/aromatic N) is 1. The summed E-state index contributed by atoms with van der Waals surface area (Å²) in [6.45, 7) is 1.54. The number of para-hydroxylation sites is 1. The van der Waals surface area contributed by atoms with Crippen molar-refractivity contribution < 1.29 is 14.3 Å². The van der Waals surface area contributed by atoms with Crippen molar-refractivity contribution >= 4 is 84.3 Å². The molecule has 0 saturated carbocycles. The molecule has 3 rings (SSSR count). The van der Waals surface area contributed by atoms with E-state index in [1.54, 1.807) is 54.6 Å². The maximum Gasteiger partial charge on any atom is 0.266 e. The first-order chi connectivity index (χ1) is 16.7. The Balaban J connectivity index is 1.81. The van der Waals surface area contributed by atoms with Gasteiger partial charge < -0.3 is 15.4 Å². The molecular formula is C25H17Br2Cl2N3O3. The highest BCUT2D eigenvalue weighted by molar-refractivity contribution is 9.11. The van der Waals surface area contributed by atoms with Crippen LogP contribution in [-0.4, -0.2) is 18.4 Å². The number of nitriles is 1. The van der Waals surface area contributed by atoms with E-state index in [-0.39, 0.29) is 17.9 Å². The number of aryl methyl sites for hydroxylation is 1. The molecule has 0 fully saturated rings. The molecule has 0 bridgehead atoms. The summed E-state index contributed by atoms with van der Waals surface area (Å²) in [5.74, 6) is -0.771. The zero-order chi connectivity index (χ0) is 25.5. The summed E-state index contributed by atoms with van der Waals surface area (Å²) in [6.07, 6.45) is 1.37. The van der Waals surface area contributed by atoms with Gasteiger partial charge in [-0.3, -0.25) is 9.59 Å². The highest BCUT2D eigenvalue weighted by Crippen LogP contribution is 2.34. The van der Waals surface area contributed by atoms with Crippen molar-refractivity contribution in [3.8, 4) is 11.8 Å². The molecule has 0 heterocycles. The summed E-state index contributed by atoms with van der Waals surface area (Å²) in [7, 11) is 0. The Labute approximate surface area is 229 Å². The molecule has 0 aliphatic carbocycles. The summed E-state index contributed by atoms with van der Waals surface area (Å²) in [5, 5.41) is 15.8. The van der Waals surface area contributed by atoms with Gasteiger partial charge in [-0.1, -0.05) is 57.3 Å². The second kappa shape index (κ2) is 12.2. The van der Waals surface area contributed by atoms with Gasteiger partial charge in [-0.15, -0.1) is 0 Å². The van der Waals surface area contributed by atoms with Crippen molar-refractivity contribution in [3.05, 3.63) is 90.3 Å². The number of benzene rings is 3. The van der Waals surface area contributed by atoms with Crippen molar-refractivity contribution in [2.45, 2.75) is 6.92 Å². The van der Waals surface area contributed by atoms with E-state index in [9.17, 15) is 14.9 Å². The summed E-state index contributed by atoms with van der Waals surface area (Å²) in [6, 6.07) is 17.1. The molecule has 0 saturated heterocycles. The van der Waals surface area contributed by atoms with Gasteiger partial charge >= 0.3 is 0 Å². The van der Waals surface area contributed by atoms with Gasteiger partial charge in [-0.2, -0.15) is 5.26 Å². The average molecular weight is 638 g/mol. The maximum absolute atomic E-state index is 12.7. The number of carbonyl (C=O) groups is 2. The SMILES string of the molecule is Cc1ccc(NC(=O)COc2c(Br)cc(Br)cc2/C=C(\C#N)C(=O)Nc2ccccc2Cl)cc1Cl. The van der Waals surface area contributed by atoms with E-state index < -0.39 is 11.8 Å². The molecule has 0 aliphatic rings. The minimum absolute atomic E-state index is 0.182. The van der Waals surface area contributed by atoms with Crippen LogP contribution in [0.5, 0.6) is 5.75 Å². The van der Waals surface area contributed by atoms with Crippen molar-refractivity contribution in [2.24, 2.45) is 0 Å². The van der Waals surface area contributed by atoms with E-state index in [1.165, 1.54) is 6.08 Å². The smallest absolute Gasteiger partial charge is 0.266 e. The first-order valence-corrected chi connectivity index (χ1v) is 12.4. The Morgan fingerprint density at radius 2 is 1.80 bits per heavy atom. The lowest BCUT2D eigenvalue weighted by molar-refractivity contribution is -0.118. The highest BCUT2D eigenvalue weighted by Gasteiger charge is 2.16. The van der Waals surface area contributed by atoms with E-state index in [4.69, 9.17) is 27.9 Å². The van der Waals surface area contributed by atoms with E-state index in [2.05, 4.69) is 42.5 Å². The van der Waals surface area contributed by atoms with Crippen molar-refractivity contribution in [2.75, 3.05) is 17.2 Å². The zero-order valence-electron chi connectivity index (χ0n) is 18.2. The molecule has 0 unspecified atom stereocenters. The normalized spacial score (nSPS) is 10.9. The van der Waals surface area contributed by atoms with E-state index in [1.807, 2.05) is 13.0 Å². The molecule has 2 amide bonds. The van der Waals surface area contributed by atoms with Crippen LogP contribution in [0.3, 0.4) is 0 Å². The van der Waals surface area contributed by atoms with Gasteiger partial charge in [-0.25, -0.2) is 0 Å². The Kier molecular flexibility index (Phi) is 9.35. The molecule has 0 aromatic heterocycles. The second-order valence-corrected chi connectivity index (χ2v) is 9.79. The third-order valence-corrected chi connectivity index (χ3v) is 6.41. The highest BCUT2D eigenvalue weighted by atomic mass is 79.9. The van der Waals surface area contributed by atoms with Gasteiger partial charge in [0.1, 0.15) is 17.4 Å². The standard InChI is InChI=1S/C25H17Br2Cl2N3O3/c1-14-6-7-18(11-21(14)29)31-23(33)13-35-24-15(9-17(26)10-19(24)27)8-16(12-30)25(34)32-22-5-3-2-4-20(22)28/h2-11H,13H2,1H3,(H,31,33)(H,32,34)/b16-8+. The van der Waals surface area contributed by atoms with Gasteiger partial charge in [0, 0.05) is 20.7 Å². The topological polar surface area (TPSA) is 91.2 Å². The quantitative estimate of drug-likeness (QED) is 0.209. The van der Waals surface area contributed by atoms with Crippen molar-refractivity contribution in [3.63, 3.8) is 0 Å². The molecule has 3 aromatic carbocycles. The third kappa shape index (κ3) is 7.33. The largest absolute Gasteiger partial charge is 0.482 e. The number of ether oxygens (including phenoxy) is 1. The molecule has 0 aliphatic heterocycles. The number of hydrogen-bond acceptors (Lipinski definition) is 4. The fraction of sp³-hybridized carbons (Fsp3) is 0.0800. The average Bonchev–Trinajstić information content (AvgIpc) is 2.80. The third-order valence-electron chi connectivity index (χ3n) is 4.63. The summed E-state index contributed by atoms with van der Waals surface area (Å²) < 4.78 is 6.95. The Bertz CT molecular complexity index is 1370. The second-order valence-electron chi connectivity index (χ2n) is 7.21. The predicted octanol–water partition coefficient (Wildman–Crippen LogP) is 7.39. The Morgan fingerprint density at radius 1 is 1.06 bits per heavy atom. The monoisotopic (exact) mass is 635 g/mol. The maximum atomic E-state index is 12.7. The first-order valence-electron chi connectivity index (χ1n) is 10.0. The van der Waals surface area contributed by atoms with E-state index in [0.29, 0.717) is 35.9 Å². The minimum Gasteiger partial charge on any atom is -0.482 e. The fourth-order valence-electron chi connectivity index (χ4n) is 2.90. The van der Waals surface area contributed by atoms with Gasteiger partial charge in [-0.05, 0) is 70.9 Å². The first kappa shape index (κ1) is 26.8. The van der Waals surface area contributed by atoms with Crippen LogP contribution in [0.4, 0.5) is 11.4 Å². The van der Waals surface area contributed by atoms with Gasteiger partial charge in [0.05, 0.1) is 15.2 Å². The lowest BCUT2D eigenvalue weighted by Gasteiger charge is -2.13. The molecular weight excluding hydrogens is 621 g/mol. The van der Waals surface area contributed by atoms with Crippen LogP contribution >= 0.6 is 55.1 Å². The number of rotatable bonds is 7. The number of hydrogen-bond donors (Lipinski definition) is 2. The van der Waals surface area contributed by atoms with Crippen LogP contribution in [-0.2, 0) is 9.59 Å². The van der Waals surface area contributed by atoms with Crippen LogP contribution in [0, 0.1) is 18.3 Å². The Hall–Kier alpha value is -2.83. The summed E-state index contributed by atoms with van der Waals surface area (Å²) in [4.78, 5) is 25.1. The fourth-order valence-corrected chi connectivity index (χ4v) is 4.64. The predicted molar refractivity (Wildman–Crippen MR) is 146 cm³/mol. The molecule has 10 heteroatoms. The van der Waals surface area contributed by atoms with Crippen molar-refractivity contribution in [1.82, 2.24) is 0 Å². The number of nitrogens with one attached hydrogen (secondary N) is 2. The number of carbonyl (C=O) groups excluding carboxylic acids is 2. The van der Waals surface area contributed by atoms with Crippen LogP contribution in [0.2, 0.25) is 10.0 Å². The van der Waals surface area contributed by atoms with Gasteiger partial charge in [0.25, 0.3) is 11.8 Å². The number of anilines is 2. The number of amides is 2. The van der Waals surface area contributed by atoms with Gasteiger partial charge in [0.2, 0.25) is 0 Å². The summed E-state index contributed by atoms with van der Waals surface area (Å²) >= 11 is 19.0. The molecule has 2 N–H and O–H groups in total. The molecule has 0 spiro atoms. The Morgan fingerprint density at radius 3 is 2.49 bits per heavy atom. The molecule has 35 heavy (non-hydrogen) atoms. The molecule has 178 valence electrons.